The zero-order chi connectivity index (χ0) is 49.7. The van der Waals surface area contributed by atoms with Crippen LogP contribution in [0.25, 0.3) is 82.0 Å². The Bertz CT molecular complexity index is 3450. The van der Waals surface area contributed by atoms with Crippen molar-refractivity contribution in [1.29, 1.82) is 0 Å². The molecule has 0 aliphatic rings. The van der Waals surface area contributed by atoms with Crippen molar-refractivity contribution in [3.05, 3.63) is 154 Å². The van der Waals surface area contributed by atoms with Crippen LogP contribution in [0.4, 0.5) is 0 Å². The Hall–Kier alpha value is -5.05. The van der Waals surface area contributed by atoms with Crippen molar-refractivity contribution in [1.82, 2.24) is 14.5 Å². The van der Waals surface area contributed by atoms with Crippen LogP contribution >= 0.6 is 0 Å². The van der Waals surface area contributed by atoms with E-state index in [-0.39, 0.29) is 53.9 Å². The maximum Gasteiger partial charge on any atom is 0 e. The first-order chi connectivity index (χ1) is 32.2. The minimum Gasteiger partial charge on any atom is 0 e. The molecule has 0 bridgehead atoms. The van der Waals surface area contributed by atoms with E-state index in [9.17, 15) is 5.11 Å². The molecule has 9 rings (SSSR count). The fraction of sp³-hybridized carbons (Fsp3) is 0.344. The van der Waals surface area contributed by atoms with Gasteiger partial charge in [-0.15, -0.1) is 0 Å². The monoisotopic (exact) mass is 1170 g/mol. The number of hydrogen-bond acceptors (Lipinski definition) is 3. The number of hydrogen-bond donors (Lipinski definition) is 1. The number of aromatic nitrogens is 3. The van der Waals surface area contributed by atoms with Gasteiger partial charge in [0.1, 0.15) is 5.75 Å². The van der Waals surface area contributed by atoms with E-state index in [4.69, 9.17) is 9.97 Å². The molecule has 0 saturated heterocycles. The Morgan fingerprint density at radius 1 is 0.600 bits per heavy atom. The van der Waals surface area contributed by atoms with Crippen LogP contribution in [0.3, 0.4) is 0 Å². The molecule has 1 N–H and O–H groups in total. The van der Waals surface area contributed by atoms with Crippen molar-refractivity contribution in [2.24, 2.45) is 5.41 Å². The molecule has 6 aromatic carbocycles. The Labute approximate surface area is 438 Å². The van der Waals surface area contributed by atoms with Crippen LogP contribution in [-0.4, -0.2) is 34.1 Å². The van der Waals surface area contributed by atoms with Gasteiger partial charge in [0.2, 0.25) is 0 Å². The molecule has 0 atom stereocenters. The largest absolute Gasteiger partial charge is 0 e. The summed E-state index contributed by atoms with van der Waals surface area (Å²) >= 11 is 0.312. The van der Waals surface area contributed by atoms with Crippen molar-refractivity contribution in [2.75, 3.05) is 0 Å². The number of rotatable bonds is 6. The first kappa shape index (κ1) is 51.3. The summed E-state index contributed by atoms with van der Waals surface area (Å²) in [5.41, 5.74) is 15.0. The Balaban J connectivity index is 0.00000659. The van der Waals surface area contributed by atoms with Gasteiger partial charge in [0.05, 0.1) is 11.3 Å². The number of benzene rings is 6. The zero-order valence-corrected chi connectivity index (χ0v) is 48.2. The molecule has 0 aliphatic carbocycles. The van der Waals surface area contributed by atoms with E-state index in [0.717, 1.165) is 73.2 Å². The third-order valence-corrected chi connectivity index (χ3v) is 16.4. The summed E-state index contributed by atoms with van der Waals surface area (Å²) in [6.45, 7) is 36.3. The van der Waals surface area contributed by atoms with E-state index in [1.165, 1.54) is 31.7 Å². The van der Waals surface area contributed by atoms with Gasteiger partial charge < -0.3 is 5.11 Å². The molecule has 0 unspecified atom stereocenters. The quantitative estimate of drug-likeness (QED) is 0.133. The second-order valence-electron chi connectivity index (χ2n) is 24.7. The molecule has 0 radical (unpaired) electrons. The van der Waals surface area contributed by atoms with Crippen molar-refractivity contribution >= 4 is 46.0 Å². The van der Waals surface area contributed by atoms with Crippen molar-refractivity contribution < 1.29 is 26.2 Å². The van der Waals surface area contributed by atoms with Gasteiger partial charge in [0.25, 0.3) is 0 Å². The Morgan fingerprint density at radius 2 is 1.24 bits per heavy atom. The average Bonchev–Trinajstić information content (AvgIpc) is 3.81. The molecule has 70 heavy (non-hydrogen) atoms. The van der Waals surface area contributed by atoms with E-state index < -0.39 is 0 Å². The molecule has 3 heterocycles. The van der Waals surface area contributed by atoms with Crippen LogP contribution in [0.5, 0.6) is 5.75 Å². The minimum absolute atomic E-state index is 0. The number of phenolic OH excluding ortho intramolecular Hbond substituents is 1. The fourth-order valence-corrected chi connectivity index (χ4v) is 13.0. The summed E-state index contributed by atoms with van der Waals surface area (Å²) in [7, 11) is 0. The summed E-state index contributed by atoms with van der Waals surface area (Å²) in [6.07, 6.45) is 3.10. The normalized spacial score (nSPS) is 12.9. The Morgan fingerprint density at radius 3 is 1.89 bits per heavy atom. The fourth-order valence-electron chi connectivity index (χ4n) is 9.79. The van der Waals surface area contributed by atoms with Crippen LogP contribution in [0, 0.1) is 18.4 Å². The van der Waals surface area contributed by atoms with Gasteiger partial charge in [-0.05, 0) is 51.1 Å². The molecule has 4 nitrogen and oxygen atoms in total. The van der Waals surface area contributed by atoms with Crippen LogP contribution in [-0.2, 0) is 49.1 Å². The second-order valence-corrected chi connectivity index (χ2v) is 27.1. The van der Waals surface area contributed by atoms with E-state index in [1.807, 2.05) is 6.20 Å². The molecule has 3 aromatic heterocycles. The molecule has 0 amide bonds. The molecule has 0 spiro atoms. The third kappa shape index (κ3) is 9.68. The molecule has 0 aliphatic heterocycles. The summed E-state index contributed by atoms with van der Waals surface area (Å²) in [5, 5.41) is 16.4. The predicted octanol–water partition coefficient (Wildman–Crippen LogP) is 17.0. The topological polar surface area (TPSA) is 50.9 Å². The minimum atomic E-state index is -0.329. The number of phenols is 1. The summed E-state index contributed by atoms with van der Waals surface area (Å²) in [6, 6.07) is 43.9. The summed E-state index contributed by atoms with van der Waals surface area (Å²) in [5.74, 6) is 0.954. The predicted molar refractivity (Wildman–Crippen MR) is 296 cm³/mol. The SMILES string of the molecule is Cc1c(CC(C)(C)C)[se]c2ccc3c(-c4[c-]c(-c5cccc6c5nc(-c5cc(C(C)(C)C)cc(C(C)(C)C)c5O)n6-c5ccc(C(C)(C)C)cc5-c5ccccc5)cc(C(C)(C)C)c4)nccc3c12.[Pt]. The van der Waals surface area contributed by atoms with Crippen molar-refractivity contribution in [2.45, 2.75) is 139 Å². The van der Waals surface area contributed by atoms with E-state index in [1.54, 1.807) is 4.44 Å². The van der Waals surface area contributed by atoms with Gasteiger partial charge in [-0.3, -0.25) is 0 Å². The number of nitrogens with zero attached hydrogens (tertiary/aromatic N) is 3. The smallest absolute Gasteiger partial charge is 0 e. The molecule has 0 fully saturated rings. The molecule has 364 valence electrons. The second kappa shape index (κ2) is 18.2. The maximum atomic E-state index is 12.6. The molecule has 6 heteroatoms. The Kier molecular flexibility index (Phi) is 13.4. The van der Waals surface area contributed by atoms with E-state index >= 15 is 0 Å². The van der Waals surface area contributed by atoms with Crippen LogP contribution < -0.4 is 0 Å². The van der Waals surface area contributed by atoms with Crippen LogP contribution in [0.15, 0.2) is 115 Å². The average molecular weight is 1170 g/mol. The van der Waals surface area contributed by atoms with Gasteiger partial charge in [0, 0.05) is 32.2 Å². The van der Waals surface area contributed by atoms with Crippen molar-refractivity contribution in [3.8, 4) is 56.3 Å². The third-order valence-electron chi connectivity index (χ3n) is 13.8. The number of imidazole rings is 1. The number of fused-ring (bicyclic) bond motifs is 4. The molecule has 0 saturated carbocycles. The number of aryl methyl sites for hydroxylation is 1. The molecular formula is C64H70N3OPtSe-. The van der Waals surface area contributed by atoms with Gasteiger partial charge in [-0.1, -0.05) is 105 Å². The number of aromatic hydroxyl groups is 1. The van der Waals surface area contributed by atoms with Gasteiger partial charge in [-0.25, -0.2) is 0 Å². The summed E-state index contributed by atoms with van der Waals surface area (Å²) in [4.78, 5) is 10.9. The first-order valence-electron chi connectivity index (χ1n) is 24.7. The van der Waals surface area contributed by atoms with Gasteiger partial charge in [-0.2, -0.15) is 0 Å². The van der Waals surface area contributed by atoms with E-state index in [0.29, 0.717) is 25.9 Å². The van der Waals surface area contributed by atoms with Crippen LogP contribution in [0.2, 0.25) is 0 Å². The summed E-state index contributed by atoms with van der Waals surface area (Å²) < 4.78 is 5.36. The zero-order valence-electron chi connectivity index (χ0n) is 44.2. The van der Waals surface area contributed by atoms with Gasteiger partial charge in [0.15, 0.2) is 0 Å². The molecule has 9 aromatic rings. The van der Waals surface area contributed by atoms with Crippen molar-refractivity contribution in [3.63, 3.8) is 0 Å². The van der Waals surface area contributed by atoms with Gasteiger partial charge >= 0.3 is 231 Å². The van der Waals surface area contributed by atoms with E-state index in [2.05, 4.69) is 231 Å². The first-order valence-corrected chi connectivity index (χ1v) is 26.4. The standard InChI is InChI=1S/C64H70N3OSe.Pt/c1-38-54(37-60(2,3)4)69-53-28-26-47-46(55(38)53)29-30-65-56(47)41-31-40(32-43(33-41)62(8,9)10)45-23-20-24-52-57(45)66-59(49-35-44(63(11,12)13)36-50(58(49)68)64(14,15)16)67(52)51-27-25-42(61(5,6)7)34-48(51)39-21-18-17-19-22-39;/h17-30,32-36,68H,37H2,1-16H3;/q-1;. The molecular weight excluding hydrogens is 1100 g/mol. The number of pyridine rings is 1. The van der Waals surface area contributed by atoms with Crippen LogP contribution in [0.1, 0.15) is 136 Å². The number of para-hydroxylation sites is 1. The maximum absolute atomic E-state index is 12.6.